The van der Waals surface area contributed by atoms with Crippen molar-refractivity contribution >= 4 is 22.6 Å². The zero-order valence-electron chi connectivity index (χ0n) is 9.23. The predicted octanol–water partition coefficient (Wildman–Crippen LogP) is 4.06. The Labute approximate surface area is 100.0 Å². The summed E-state index contributed by atoms with van der Waals surface area (Å²) in [6.45, 7) is 6.57. The molecule has 0 fully saturated rings. The first kappa shape index (κ1) is 11.8. The van der Waals surface area contributed by atoms with Crippen LogP contribution in [0.4, 0.5) is 0 Å². The van der Waals surface area contributed by atoms with Gasteiger partial charge in [-0.25, -0.2) is 0 Å². The van der Waals surface area contributed by atoms with Crippen LogP contribution < -0.4 is 4.74 Å². The number of hydrogen-bond donors (Lipinski definition) is 0. The van der Waals surface area contributed by atoms with E-state index in [-0.39, 0.29) is 0 Å². The fourth-order valence-electron chi connectivity index (χ4n) is 1.78. The van der Waals surface area contributed by atoms with Gasteiger partial charge in [0.1, 0.15) is 5.75 Å². The van der Waals surface area contributed by atoms with Crippen LogP contribution in [0.2, 0.25) is 0 Å². The monoisotopic (exact) mass is 304 g/mol. The van der Waals surface area contributed by atoms with Gasteiger partial charge in [-0.05, 0) is 24.0 Å². The number of alkyl halides is 1. The molecule has 0 saturated heterocycles. The fourth-order valence-corrected chi connectivity index (χ4v) is 2.38. The van der Waals surface area contributed by atoms with E-state index in [0.717, 1.165) is 10.2 Å². The zero-order chi connectivity index (χ0) is 10.7. The Bertz CT molecular complexity index is 318. The molecule has 0 saturated carbocycles. The summed E-state index contributed by atoms with van der Waals surface area (Å²) in [6.07, 6.45) is 0. The third kappa shape index (κ3) is 2.22. The Kier molecular flexibility index (Phi) is 4.23. The number of hydrogen-bond acceptors (Lipinski definition) is 1. The molecular weight excluding hydrogens is 287 g/mol. The summed E-state index contributed by atoms with van der Waals surface area (Å²) in [4.78, 5) is 0. The largest absolute Gasteiger partial charge is 0.496 e. The van der Waals surface area contributed by atoms with Crippen molar-refractivity contribution in [1.82, 2.24) is 0 Å². The molecule has 0 aromatic heterocycles. The first-order valence-corrected chi connectivity index (χ1v) is 6.36. The molecule has 0 aliphatic rings. The standard InChI is InChI=1S/C12H17IO/c1-8(2)11-6-5-10(7-13)12(14-4)9(11)3/h5-6,8H,7H2,1-4H3. The lowest BCUT2D eigenvalue weighted by Gasteiger charge is -2.16. The maximum atomic E-state index is 5.45. The van der Waals surface area contributed by atoms with E-state index < -0.39 is 0 Å². The lowest BCUT2D eigenvalue weighted by molar-refractivity contribution is 0.407. The molecule has 2 heteroatoms. The average Bonchev–Trinajstić information content (AvgIpc) is 2.16. The third-order valence-corrected chi connectivity index (χ3v) is 3.32. The molecule has 0 aliphatic heterocycles. The minimum Gasteiger partial charge on any atom is -0.496 e. The molecule has 1 aromatic carbocycles. The van der Waals surface area contributed by atoms with Gasteiger partial charge in [0.25, 0.3) is 0 Å². The number of halogens is 1. The van der Waals surface area contributed by atoms with E-state index in [0.29, 0.717) is 5.92 Å². The summed E-state index contributed by atoms with van der Waals surface area (Å²) >= 11 is 2.37. The quantitative estimate of drug-likeness (QED) is 0.604. The van der Waals surface area contributed by atoms with E-state index >= 15 is 0 Å². The fraction of sp³-hybridized carbons (Fsp3) is 0.500. The molecule has 1 aromatic rings. The Hall–Kier alpha value is -0.250. The van der Waals surface area contributed by atoms with Crippen molar-refractivity contribution in [2.75, 3.05) is 7.11 Å². The molecule has 1 nitrogen and oxygen atoms in total. The van der Waals surface area contributed by atoms with Crippen LogP contribution in [-0.2, 0) is 4.43 Å². The number of ether oxygens (including phenoxy) is 1. The highest BCUT2D eigenvalue weighted by Gasteiger charge is 2.11. The molecule has 1 rings (SSSR count). The maximum Gasteiger partial charge on any atom is 0.126 e. The highest BCUT2D eigenvalue weighted by atomic mass is 127. The molecule has 78 valence electrons. The molecule has 0 atom stereocenters. The first-order valence-electron chi connectivity index (χ1n) is 4.84. The molecule has 14 heavy (non-hydrogen) atoms. The first-order chi connectivity index (χ1) is 6.61. The van der Waals surface area contributed by atoms with Crippen LogP contribution in [0, 0.1) is 6.92 Å². The molecule has 0 radical (unpaired) electrons. The smallest absolute Gasteiger partial charge is 0.126 e. The molecule has 0 amide bonds. The summed E-state index contributed by atoms with van der Waals surface area (Å²) in [7, 11) is 1.75. The highest BCUT2D eigenvalue weighted by molar-refractivity contribution is 14.1. The van der Waals surface area contributed by atoms with E-state index in [4.69, 9.17) is 4.74 Å². The van der Waals surface area contributed by atoms with Gasteiger partial charge in [0.2, 0.25) is 0 Å². The Morgan fingerprint density at radius 1 is 1.36 bits per heavy atom. The van der Waals surface area contributed by atoms with E-state index in [1.165, 1.54) is 16.7 Å². The minimum atomic E-state index is 0.562. The maximum absolute atomic E-state index is 5.45. The summed E-state index contributed by atoms with van der Waals surface area (Å²) in [5.41, 5.74) is 3.96. The second-order valence-corrected chi connectivity index (χ2v) is 4.52. The Morgan fingerprint density at radius 3 is 2.43 bits per heavy atom. The predicted molar refractivity (Wildman–Crippen MR) is 69.5 cm³/mol. The average molecular weight is 304 g/mol. The van der Waals surface area contributed by atoms with Gasteiger partial charge in [0, 0.05) is 9.99 Å². The van der Waals surface area contributed by atoms with Gasteiger partial charge < -0.3 is 4.74 Å². The lowest BCUT2D eigenvalue weighted by atomic mass is 9.95. The Balaban J connectivity index is 3.27. The van der Waals surface area contributed by atoms with Crippen LogP contribution in [0.3, 0.4) is 0 Å². The van der Waals surface area contributed by atoms with Crippen molar-refractivity contribution in [3.8, 4) is 5.75 Å². The van der Waals surface area contributed by atoms with Crippen molar-refractivity contribution < 1.29 is 4.74 Å². The van der Waals surface area contributed by atoms with Gasteiger partial charge in [0.05, 0.1) is 7.11 Å². The van der Waals surface area contributed by atoms with E-state index in [1.54, 1.807) is 7.11 Å². The van der Waals surface area contributed by atoms with Gasteiger partial charge in [0.15, 0.2) is 0 Å². The normalized spacial score (nSPS) is 10.7. The van der Waals surface area contributed by atoms with E-state index in [1.807, 2.05) is 0 Å². The molecule has 0 unspecified atom stereocenters. The second-order valence-electron chi connectivity index (χ2n) is 3.76. The summed E-state index contributed by atoms with van der Waals surface area (Å²) in [5, 5.41) is 0. The second kappa shape index (κ2) is 5.01. The molecule has 0 aliphatic carbocycles. The van der Waals surface area contributed by atoms with E-state index in [9.17, 15) is 0 Å². The zero-order valence-corrected chi connectivity index (χ0v) is 11.4. The summed E-state index contributed by atoms with van der Waals surface area (Å²) in [5.74, 6) is 1.62. The van der Waals surface area contributed by atoms with Gasteiger partial charge >= 0.3 is 0 Å². The SMILES string of the molecule is COc1c(CI)ccc(C(C)C)c1C. The van der Waals surface area contributed by atoms with Crippen LogP contribution in [0.5, 0.6) is 5.75 Å². The topological polar surface area (TPSA) is 9.23 Å². The summed E-state index contributed by atoms with van der Waals surface area (Å²) in [6, 6.07) is 4.39. The number of methoxy groups -OCH3 is 1. The van der Waals surface area contributed by atoms with Crippen LogP contribution >= 0.6 is 22.6 Å². The van der Waals surface area contributed by atoms with Gasteiger partial charge in [-0.1, -0.05) is 48.6 Å². The van der Waals surface area contributed by atoms with Crippen LogP contribution in [0.25, 0.3) is 0 Å². The highest BCUT2D eigenvalue weighted by Crippen LogP contribution is 2.31. The van der Waals surface area contributed by atoms with Crippen LogP contribution in [-0.4, -0.2) is 7.11 Å². The van der Waals surface area contributed by atoms with Gasteiger partial charge in [-0.2, -0.15) is 0 Å². The number of rotatable bonds is 3. The summed E-state index contributed by atoms with van der Waals surface area (Å²) < 4.78 is 6.45. The van der Waals surface area contributed by atoms with Crippen LogP contribution in [0.15, 0.2) is 12.1 Å². The third-order valence-electron chi connectivity index (χ3n) is 2.50. The molecule has 0 heterocycles. The van der Waals surface area contributed by atoms with Crippen LogP contribution in [0.1, 0.15) is 36.5 Å². The molecule has 0 N–H and O–H groups in total. The van der Waals surface area contributed by atoms with Crippen molar-refractivity contribution in [2.24, 2.45) is 0 Å². The number of benzene rings is 1. The Morgan fingerprint density at radius 2 is 2.00 bits per heavy atom. The van der Waals surface area contributed by atoms with E-state index in [2.05, 4.69) is 55.5 Å². The van der Waals surface area contributed by atoms with Crippen molar-refractivity contribution in [2.45, 2.75) is 31.1 Å². The minimum absolute atomic E-state index is 0.562. The molecule has 0 spiro atoms. The lowest BCUT2D eigenvalue weighted by Crippen LogP contribution is -1.98. The van der Waals surface area contributed by atoms with Gasteiger partial charge in [-0.15, -0.1) is 0 Å². The van der Waals surface area contributed by atoms with Gasteiger partial charge in [-0.3, -0.25) is 0 Å². The molecule has 0 bridgehead atoms. The van der Waals surface area contributed by atoms with Crippen molar-refractivity contribution in [1.29, 1.82) is 0 Å². The van der Waals surface area contributed by atoms with Crippen molar-refractivity contribution in [3.05, 3.63) is 28.8 Å². The molecular formula is C12H17IO. The van der Waals surface area contributed by atoms with Crippen molar-refractivity contribution in [3.63, 3.8) is 0 Å².